The number of carbonyl (C=O) groups is 1. The topological polar surface area (TPSA) is 131 Å². The van der Waals surface area contributed by atoms with Crippen LogP contribution in [0.4, 0.5) is 4.79 Å². The maximum atomic E-state index is 13.7. The fourth-order valence-corrected chi connectivity index (χ4v) is 5.56. The van der Waals surface area contributed by atoms with E-state index in [-0.39, 0.29) is 50.6 Å². The molecule has 2 aromatic heterocycles. The minimum atomic E-state index is -4.14. The molecule has 3 rings (SSSR count). The fourth-order valence-electron chi connectivity index (χ4n) is 3.10. The number of rotatable bonds is 7. The summed E-state index contributed by atoms with van der Waals surface area (Å²) >= 11 is 12.1. The number of benzene rings is 1. The molecule has 12 heteroatoms. The normalized spacial score (nSPS) is 11.7. The van der Waals surface area contributed by atoms with Gasteiger partial charge in [-0.15, -0.1) is 0 Å². The Morgan fingerprint density at radius 1 is 1.22 bits per heavy atom. The highest BCUT2D eigenvalue weighted by Gasteiger charge is 2.32. The number of nitrogens with two attached hydrogens (primary N) is 1. The van der Waals surface area contributed by atoms with Gasteiger partial charge in [-0.25, -0.2) is 18.2 Å². The Bertz CT molecular complexity index is 1240. The third-order valence-electron chi connectivity index (χ3n) is 4.53. The molecule has 0 spiro atoms. The summed E-state index contributed by atoms with van der Waals surface area (Å²) < 4.78 is 34.4. The largest absolute Gasteiger partial charge is 0.619 e. The van der Waals surface area contributed by atoms with E-state index >= 15 is 0 Å². The average molecular weight is 499 g/mol. The summed E-state index contributed by atoms with van der Waals surface area (Å²) in [5.41, 5.74) is 6.00. The molecule has 170 valence electrons. The maximum absolute atomic E-state index is 13.7. The van der Waals surface area contributed by atoms with E-state index in [0.29, 0.717) is 10.3 Å². The minimum Gasteiger partial charge on any atom is -0.619 e. The van der Waals surface area contributed by atoms with E-state index < -0.39 is 15.9 Å². The zero-order valence-corrected chi connectivity index (χ0v) is 19.5. The maximum Gasteiger partial charge on any atom is 0.404 e. The Balaban J connectivity index is 2.25. The lowest BCUT2D eigenvalue weighted by atomic mass is 10.1. The van der Waals surface area contributed by atoms with Crippen molar-refractivity contribution in [3.05, 3.63) is 75.1 Å². The van der Waals surface area contributed by atoms with Gasteiger partial charge in [0.05, 0.1) is 17.1 Å². The predicted molar refractivity (Wildman–Crippen MR) is 117 cm³/mol. The average Bonchev–Trinajstić information content (AvgIpc) is 3.06. The van der Waals surface area contributed by atoms with Crippen molar-refractivity contribution in [3.63, 3.8) is 0 Å². The highest BCUT2D eigenvalue weighted by molar-refractivity contribution is 7.91. The van der Waals surface area contributed by atoms with E-state index in [2.05, 4.69) is 4.98 Å². The predicted octanol–water partition coefficient (Wildman–Crippen LogP) is 3.42. The number of primary amides is 1. The number of aromatic nitrogens is 3. The molecule has 0 aliphatic heterocycles. The van der Waals surface area contributed by atoms with Gasteiger partial charge in [-0.1, -0.05) is 37.0 Å². The van der Waals surface area contributed by atoms with Gasteiger partial charge in [0.1, 0.15) is 5.82 Å². The SMILES string of the molecule is CC(C)c1nc(COC(N)=O)n(Cc2cc[n+]([O-])cc2)c1S(=O)(=O)c1cc(Cl)cc(Cl)c1. The summed E-state index contributed by atoms with van der Waals surface area (Å²) in [5, 5.41) is 11.6. The lowest BCUT2D eigenvalue weighted by Gasteiger charge is -2.15. The minimum absolute atomic E-state index is 0.0425. The van der Waals surface area contributed by atoms with Crippen LogP contribution in [0.1, 0.15) is 36.8 Å². The van der Waals surface area contributed by atoms with E-state index in [9.17, 15) is 18.4 Å². The molecule has 0 saturated carbocycles. The first-order chi connectivity index (χ1) is 15.0. The first-order valence-corrected chi connectivity index (χ1v) is 11.6. The van der Waals surface area contributed by atoms with Crippen LogP contribution in [0.5, 0.6) is 0 Å². The molecule has 0 aliphatic carbocycles. The quantitative estimate of drug-likeness (QED) is 0.392. The number of amides is 1. The van der Waals surface area contributed by atoms with Crippen LogP contribution in [0, 0.1) is 5.21 Å². The molecule has 0 fully saturated rings. The summed E-state index contributed by atoms with van der Waals surface area (Å²) in [4.78, 5) is 15.5. The number of sulfone groups is 1. The summed E-state index contributed by atoms with van der Waals surface area (Å²) in [6, 6.07) is 7.12. The molecule has 2 N–H and O–H groups in total. The summed E-state index contributed by atoms with van der Waals surface area (Å²) in [6.45, 7) is 3.28. The van der Waals surface area contributed by atoms with Crippen LogP contribution in [0.25, 0.3) is 0 Å². The second-order valence-electron chi connectivity index (χ2n) is 7.24. The van der Waals surface area contributed by atoms with Crippen LogP contribution in [0.3, 0.4) is 0 Å². The van der Waals surface area contributed by atoms with Gasteiger partial charge in [-0.2, -0.15) is 4.73 Å². The molecule has 2 heterocycles. The zero-order chi connectivity index (χ0) is 23.6. The van der Waals surface area contributed by atoms with Crippen molar-refractivity contribution in [1.82, 2.24) is 9.55 Å². The van der Waals surface area contributed by atoms with Gasteiger partial charge in [0, 0.05) is 22.2 Å². The summed E-state index contributed by atoms with van der Waals surface area (Å²) in [5.74, 6) is -0.111. The van der Waals surface area contributed by atoms with Gasteiger partial charge in [0.25, 0.3) is 0 Å². The van der Waals surface area contributed by atoms with Crippen LogP contribution in [-0.2, 0) is 27.7 Å². The molecule has 0 atom stereocenters. The smallest absolute Gasteiger partial charge is 0.404 e. The van der Waals surface area contributed by atoms with Gasteiger partial charge in [0.15, 0.2) is 24.0 Å². The molecule has 3 aromatic rings. The van der Waals surface area contributed by atoms with E-state index in [0.717, 1.165) is 0 Å². The van der Waals surface area contributed by atoms with Crippen molar-refractivity contribution in [2.75, 3.05) is 0 Å². The highest BCUT2D eigenvalue weighted by Crippen LogP contribution is 2.33. The second kappa shape index (κ2) is 9.35. The first kappa shape index (κ1) is 23.8. The number of hydrogen-bond donors (Lipinski definition) is 1. The molecular weight excluding hydrogens is 479 g/mol. The third-order valence-corrected chi connectivity index (χ3v) is 6.76. The van der Waals surface area contributed by atoms with Crippen LogP contribution < -0.4 is 10.5 Å². The van der Waals surface area contributed by atoms with Gasteiger partial charge in [0.2, 0.25) is 9.84 Å². The van der Waals surface area contributed by atoms with Gasteiger partial charge < -0.3 is 20.2 Å². The van der Waals surface area contributed by atoms with Crippen molar-refractivity contribution in [3.8, 4) is 0 Å². The Morgan fingerprint density at radius 3 is 2.34 bits per heavy atom. The fraction of sp³-hybridized carbons (Fsp3) is 0.250. The molecular formula is C20H20Cl2N4O5S. The molecule has 1 amide bonds. The van der Waals surface area contributed by atoms with Crippen molar-refractivity contribution in [2.24, 2.45) is 5.73 Å². The molecule has 0 radical (unpaired) electrons. The van der Waals surface area contributed by atoms with Crippen LogP contribution in [0.15, 0.2) is 52.6 Å². The van der Waals surface area contributed by atoms with E-state index in [1.165, 1.54) is 35.2 Å². The van der Waals surface area contributed by atoms with Gasteiger partial charge in [-0.05, 0) is 29.7 Å². The van der Waals surface area contributed by atoms with Crippen molar-refractivity contribution < 1.29 is 22.7 Å². The van der Waals surface area contributed by atoms with Crippen molar-refractivity contribution >= 4 is 39.1 Å². The van der Waals surface area contributed by atoms with Gasteiger partial charge >= 0.3 is 6.09 Å². The number of imidazole rings is 1. The highest BCUT2D eigenvalue weighted by atomic mass is 35.5. The summed E-state index contributed by atoms with van der Waals surface area (Å²) in [6.07, 6.45) is 1.56. The number of hydrogen-bond acceptors (Lipinski definition) is 6. The Labute approximate surface area is 194 Å². The standard InChI is InChI=1S/C20H20Cl2N4O5S/c1-12(2)18-19(32(29,30)16-8-14(21)7-15(22)9-16)26(17(24-18)11-31-20(23)27)10-13-3-5-25(28)6-4-13/h3-9,12H,10-11H2,1-2H3,(H2,23,27). The molecule has 32 heavy (non-hydrogen) atoms. The third kappa shape index (κ3) is 5.14. The Hall–Kier alpha value is -2.82. The van der Waals surface area contributed by atoms with E-state index in [1.807, 2.05) is 0 Å². The molecule has 0 saturated heterocycles. The lowest BCUT2D eigenvalue weighted by molar-refractivity contribution is -0.605. The van der Waals surface area contributed by atoms with Crippen LogP contribution in [0.2, 0.25) is 10.0 Å². The number of halogens is 2. The van der Waals surface area contributed by atoms with Gasteiger partial charge in [-0.3, -0.25) is 0 Å². The van der Waals surface area contributed by atoms with Crippen LogP contribution in [-0.4, -0.2) is 24.1 Å². The number of ether oxygens (including phenoxy) is 1. The van der Waals surface area contributed by atoms with E-state index in [4.69, 9.17) is 33.7 Å². The Morgan fingerprint density at radius 2 is 1.81 bits per heavy atom. The van der Waals surface area contributed by atoms with Crippen molar-refractivity contribution in [2.45, 2.75) is 42.8 Å². The number of pyridine rings is 1. The van der Waals surface area contributed by atoms with E-state index in [1.54, 1.807) is 26.0 Å². The Kier molecular flexibility index (Phi) is 6.97. The lowest BCUT2D eigenvalue weighted by Crippen LogP contribution is -2.24. The summed E-state index contributed by atoms with van der Waals surface area (Å²) in [7, 11) is -4.14. The second-order valence-corrected chi connectivity index (χ2v) is 9.98. The monoisotopic (exact) mass is 498 g/mol. The molecule has 9 nitrogen and oxygen atoms in total. The van der Waals surface area contributed by atoms with Crippen molar-refractivity contribution in [1.29, 1.82) is 0 Å². The molecule has 0 aliphatic rings. The zero-order valence-electron chi connectivity index (χ0n) is 17.2. The van der Waals surface area contributed by atoms with Crippen LogP contribution >= 0.6 is 23.2 Å². The molecule has 1 aromatic carbocycles. The number of carbonyl (C=O) groups excluding carboxylic acids is 1. The molecule has 0 unspecified atom stereocenters. The molecule has 0 bridgehead atoms. The number of nitrogens with zero attached hydrogens (tertiary/aromatic N) is 3. The first-order valence-electron chi connectivity index (χ1n) is 9.39.